The molecule has 0 spiro atoms. The molecular weight excluding hydrogens is 298 g/mol. The highest BCUT2D eigenvalue weighted by Crippen LogP contribution is 2.28. The van der Waals surface area contributed by atoms with Gasteiger partial charge in [-0.1, -0.05) is 17.7 Å². The number of benzene rings is 2. The molecule has 2 aromatic rings. The zero-order valence-corrected chi connectivity index (χ0v) is 11.7. The first-order chi connectivity index (χ1) is 9.44. The fraction of sp³-hybridized carbons (Fsp3) is 0. The molecule has 2 rings (SSSR count). The fourth-order valence-corrected chi connectivity index (χ4v) is 3.37. The number of anilines is 2. The lowest BCUT2D eigenvalue weighted by molar-refractivity contribution is 0.601. The summed E-state index contributed by atoms with van der Waals surface area (Å²) in [4.78, 5) is -0.161. The monoisotopic (exact) mass is 307 g/mol. The lowest BCUT2D eigenvalue weighted by Gasteiger charge is -2.11. The third kappa shape index (κ3) is 2.85. The van der Waals surface area contributed by atoms with Gasteiger partial charge >= 0.3 is 0 Å². The van der Waals surface area contributed by atoms with Crippen LogP contribution in [-0.2, 0) is 10.0 Å². The van der Waals surface area contributed by atoms with Gasteiger partial charge in [0.25, 0.3) is 10.0 Å². The summed E-state index contributed by atoms with van der Waals surface area (Å²) in [6.45, 7) is 0. The molecule has 0 amide bonds. The van der Waals surface area contributed by atoms with Crippen LogP contribution in [0.5, 0.6) is 0 Å². The highest BCUT2D eigenvalue weighted by molar-refractivity contribution is 7.93. The van der Waals surface area contributed by atoms with Gasteiger partial charge in [-0.2, -0.15) is 5.26 Å². The maximum absolute atomic E-state index is 12.3. The van der Waals surface area contributed by atoms with E-state index in [1.165, 1.54) is 36.4 Å². The van der Waals surface area contributed by atoms with E-state index in [9.17, 15) is 8.42 Å². The molecule has 0 aromatic heterocycles. The smallest absolute Gasteiger partial charge is 0.265 e. The summed E-state index contributed by atoms with van der Waals surface area (Å²) >= 11 is 5.89. The molecule has 7 heteroatoms. The molecule has 0 radical (unpaired) electrons. The van der Waals surface area contributed by atoms with Crippen molar-refractivity contribution in [1.29, 1.82) is 5.26 Å². The summed E-state index contributed by atoms with van der Waals surface area (Å²) in [5, 5.41) is 8.74. The van der Waals surface area contributed by atoms with Gasteiger partial charge in [0.05, 0.1) is 22.3 Å². The quantitative estimate of drug-likeness (QED) is 0.852. The van der Waals surface area contributed by atoms with Crippen LogP contribution in [0.3, 0.4) is 0 Å². The lowest BCUT2D eigenvalue weighted by Crippen LogP contribution is -2.15. The van der Waals surface area contributed by atoms with Gasteiger partial charge in [0.2, 0.25) is 0 Å². The number of nitriles is 1. The van der Waals surface area contributed by atoms with E-state index < -0.39 is 10.0 Å². The molecule has 20 heavy (non-hydrogen) atoms. The predicted octanol–water partition coefficient (Wildman–Crippen LogP) is 2.59. The van der Waals surface area contributed by atoms with Crippen molar-refractivity contribution in [3.63, 3.8) is 0 Å². The summed E-state index contributed by atoms with van der Waals surface area (Å²) in [7, 11) is -3.88. The molecule has 5 nitrogen and oxygen atoms in total. The van der Waals surface area contributed by atoms with Crippen LogP contribution >= 0.6 is 11.6 Å². The van der Waals surface area contributed by atoms with Crippen LogP contribution in [0.25, 0.3) is 0 Å². The molecule has 0 fully saturated rings. The van der Waals surface area contributed by atoms with Gasteiger partial charge in [-0.25, -0.2) is 8.42 Å². The molecule has 0 aliphatic heterocycles. The van der Waals surface area contributed by atoms with E-state index >= 15 is 0 Å². The first-order valence-corrected chi connectivity index (χ1v) is 7.37. The SMILES string of the molecule is N#Cc1ccc(NS(=O)(=O)c2c(N)cccc2Cl)cc1. The van der Waals surface area contributed by atoms with Gasteiger partial charge in [-0.3, -0.25) is 4.72 Å². The molecule has 3 N–H and O–H groups in total. The Labute approximate surface area is 121 Å². The van der Waals surface area contributed by atoms with Crippen molar-refractivity contribution in [3.8, 4) is 6.07 Å². The summed E-state index contributed by atoms with van der Waals surface area (Å²) in [6, 6.07) is 12.4. The number of halogens is 1. The van der Waals surface area contributed by atoms with Crippen molar-refractivity contribution in [2.24, 2.45) is 0 Å². The Morgan fingerprint density at radius 1 is 1.15 bits per heavy atom. The molecule has 0 atom stereocenters. The van der Waals surface area contributed by atoms with Gasteiger partial charge in [0.1, 0.15) is 4.90 Å². The first kappa shape index (κ1) is 14.2. The second kappa shape index (κ2) is 5.41. The van der Waals surface area contributed by atoms with Crippen LogP contribution in [0.2, 0.25) is 5.02 Å². The Hall–Kier alpha value is -2.23. The maximum Gasteiger partial charge on any atom is 0.265 e. The van der Waals surface area contributed by atoms with Crippen LogP contribution in [0.15, 0.2) is 47.4 Å². The highest BCUT2D eigenvalue weighted by atomic mass is 35.5. The largest absolute Gasteiger partial charge is 0.398 e. The van der Waals surface area contributed by atoms with Crippen LogP contribution in [-0.4, -0.2) is 8.42 Å². The molecule has 102 valence electrons. The number of nitrogens with zero attached hydrogens (tertiary/aromatic N) is 1. The minimum atomic E-state index is -3.88. The number of hydrogen-bond donors (Lipinski definition) is 2. The van der Waals surface area contributed by atoms with E-state index in [0.717, 1.165) is 0 Å². The van der Waals surface area contributed by atoms with Crippen molar-refractivity contribution in [1.82, 2.24) is 0 Å². The Bertz CT molecular complexity index is 760. The van der Waals surface area contributed by atoms with Crippen LogP contribution in [0, 0.1) is 11.3 Å². The summed E-state index contributed by atoms with van der Waals surface area (Å²) in [5.41, 5.74) is 6.49. The maximum atomic E-state index is 12.3. The Morgan fingerprint density at radius 2 is 1.80 bits per heavy atom. The predicted molar refractivity (Wildman–Crippen MR) is 77.8 cm³/mol. The second-order valence-corrected chi connectivity index (χ2v) is 5.98. The van der Waals surface area contributed by atoms with Gasteiger partial charge in [-0.15, -0.1) is 0 Å². The van der Waals surface area contributed by atoms with E-state index in [1.54, 1.807) is 6.07 Å². The zero-order chi connectivity index (χ0) is 14.8. The van der Waals surface area contributed by atoms with Crippen molar-refractivity contribution in [2.75, 3.05) is 10.5 Å². The van der Waals surface area contributed by atoms with Crippen LogP contribution < -0.4 is 10.5 Å². The standard InChI is InChI=1S/C13H10ClN3O2S/c14-11-2-1-3-12(16)13(11)20(18,19)17-10-6-4-9(8-15)5-7-10/h1-7,17H,16H2. The van der Waals surface area contributed by atoms with E-state index in [2.05, 4.69) is 4.72 Å². The third-order valence-corrected chi connectivity index (χ3v) is 4.46. The van der Waals surface area contributed by atoms with Gasteiger partial charge in [0, 0.05) is 5.69 Å². The van der Waals surface area contributed by atoms with Crippen LogP contribution in [0.1, 0.15) is 5.56 Å². The third-order valence-electron chi connectivity index (χ3n) is 2.53. The topological polar surface area (TPSA) is 96.0 Å². The second-order valence-electron chi connectivity index (χ2n) is 3.95. The highest BCUT2D eigenvalue weighted by Gasteiger charge is 2.21. The van der Waals surface area contributed by atoms with Crippen molar-refractivity contribution in [2.45, 2.75) is 4.90 Å². The number of hydrogen-bond acceptors (Lipinski definition) is 4. The van der Waals surface area contributed by atoms with E-state index in [4.69, 9.17) is 22.6 Å². The first-order valence-electron chi connectivity index (χ1n) is 5.51. The van der Waals surface area contributed by atoms with E-state index in [-0.39, 0.29) is 15.6 Å². The van der Waals surface area contributed by atoms with Crippen molar-refractivity contribution < 1.29 is 8.42 Å². The fourth-order valence-electron chi connectivity index (χ4n) is 1.63. The number of nitrogens with two attached hydrogens (primary N) is 1. The van der Waals surface area contributed by atoms with E-state index in [0.29, 0.717) is 11.3 Å². The lowest BCUT2D eigenvalue weighted by atomic mass is 10.2. The molecule has 0 bridgehead atoms. The zero-order valence-electron chi connectivity index (χ0n) is 10.2. The average molecular weight is 308 g/mol. The molecule has 2 aromatic carbocycles. The van der Waals surface area contributed by atoms with E-state index in [1.807, 2.05) is 6.07 Å². The normalized spacial score (nSPS) is 10.8. The summed E-state index contributed by atoms with van der Waals surface area (Å²) < 4.78 is 26.9. The Balaban J connectivity index is 2.39. The molecule has 0 saturated heterocycles. The number of sulfonamides is 1. The molecule has 0 aliphatic carbocycles. The summed E-state index contributed by atoms with van der Waals surface area (Å²) in [5.74, 6) is 0. The Morgan fingerprint density at radius 3 is 2.35 bits per heavy atom. The molecule has 0 unspecified atom stereocenters. The number of nitrogens with one attached hydrogen (secondary N) is 1. The molecular formula is C13H10ClN3O2S. The molecule has 0 heterocycles. The Kier molecular flexibility index (Phi) is 3.84. The molecule has 0 saturated carbocycles. The summed E-state index contributed by atoms with van der Waals surface area (Å²) in [6.07, 6.45) is 0. The number of nitrogen functional groups attached to an aromatic ring is 1. The molecule has 0 aliphatic rings. The van der Waals surface area contributed by atoms with Gasteiger partial charge < -0.3 is 5.73 Å². The minimum Gasteiger partial charge on any atom is -0.398 e. The minimum absolute atomic E-state index is 0.0474. The van der Waals surface area contributed by atoms with Gasteiger partial charge in [0.15, 0.2) is 0 Å². The number of rotatable bonds is 3. The van der Waals surface area contributed by atoms with Gasteiger partial charge in [-0.05, 0) is 36.4 Å². The average Bonchev–Trinajstić information content (AvgIpc) is 2.38. The van der Waals surface area contributed by atoms with Crippen LogP contribution in [0.4, 0.5) is 11.4 Å². The van der Waals surface area contributed by atoms with Crippen molar-refractivity contribution in [3.05, 3.63) is 53.1 Å². The van der Waals surface area contributed by atoms with Crippen molar-refractivity contribution >= 4 is 33.0 Å².